The van der Waals surface area contributed by atoms with Crippen LogP contribution in [0.15, 0.2) is 42.6 Å². The maximum atomic E-state index is 11.5. The van der Waals surface area contributed by atoms with Gasteiger partial charge in [0.15, 0.2) is 0 Å². The molecule has 6 heteroatoms. The minimum absolute atomic E-state index is 0.257. The molecule has 0 aliphatic heterocycles. The quantitative estimate of drug-likeness (QED) is 0.690. The van der Waals surface area contributed by atoms with Gasteiger partial charge in [0.1, 0.15) is 10.7 Å². The molecule has 1 heterocycles. The minimum Gasteiger partial charge on any atom is -0.464 e. The zero-order valence-electron chi connectivity index (χ0n) is 11.7. The molecule has 0 atom stereocenters. The molecule has 0 amide bonds. The van der Waals surface area contributed by atoms with Crippen molar-refractivity contribution in [3.05, 3.63) is 53.9 Å². The van der Waals surface area contributed by atoms with Crippen LogP contribution in [0, 0.1) is 0 Å². The van der Waals surface area contributed by atoms with Crippen molar-refractivity contribution in [3.8, 4) is 0 Å². The van der Waals surface area contributed by atoms with E-state index in [-0.39, 0.29) is 5.69 Å². The predicted molar refractivity (Wildman–Crippen MR) is 86.0 cm³/mol. The zero-order chi connectivity index (χ0) is 15.4. The molecule has 0 saturated carbocycles. The molecule has 2 aromatic rings. The topological polar surface area (TPSA) is 68.5 Å². The highest BCUT2D eigenvalue weighted by Gasteiger charge is 2.11. The summed E-state index contributed by atoms with van der Waals surface area (Å²) < 4.78 is 4.67. The molecule has 0 fully saturated rings. The first-order valence-electron chi connectivity index (χ1n) is 6.21. The highest BCUT2D eigenvalue weighted by Crippen LogP contribution is 2.24. The third-order valence-corrected chi connectivity index (χ3v) is 3.28. The molecule has 2 rings (SSSR count). The molecule has 108 valence electrons. The summed E-state index contributed by atoms with van der Waals surface area (Å²) in [4.78, 5) is 17.8. The number of esters is 1. The van der Waals surface area contributed by atoms with Gasteiger partial charge in [0.2, 0.25) is 0 Å². The van der Waals surface area contributed by atoms with Crippen LogP contribution in [0.2, 0.25) is 0 Å². The molecular formula is C15H15N3O2S. The van der Waals surface area contributed by atoms with Crippen LogP contribution in [0.4, 0.5) is 11.4 Å². The molecule has 21 heavy (non-hydrogen) atoms. The van der Waals surface area contributed by atoms with Crippen molar-refractivity contribution in [2.45, 2.75) is 0 Å². The van der Waals surface area contributed by atoms with Gasteiger partial charge in [-0.15, -0.1) is 0 Å². The first kappa shape index (κ1) is 14.9. The summed E-state index contributed by atoms with van der Waals surface area (Å²) in [5.41, 5.74) is 8.41. The van der Waals surface area contributed by atoms with Crippen molar-refractivity contribution < 1.29 is 9.53 Å². The molecule has 2 N–H and O–H groups in total. The molecule has 0 radical (unpaired) electrons. The second kappa shape index (κ2) is 6.32. The number of pyridine rings is 1. The van der Waals surface area contributed by atoms with Crippen LogP contribution < -0.4 is 10.6 Å². The maximum absolute atomic E-state index is 11.5. The number of hydrogen-bond donors (Lipinski definition) is 1. The normalized spacial score (nSPS) is 10.0. The molecule has 5 nitrogen and oxygen atoms in total. The van der Waals surface area contributed by atoms with E-state index in [1.54, 1.807) is 18.3 Å². The van der Waals surface area contributed by atoms with E-state index in [1.165, 1.54) is 7.11 Å². The Bertz CT molecular complexity index is 688. The van der Waals surface area contributed by atoms with Gasteiger partial charge in [0.25, 0.3) is 0 Å². The minimum atomic E-state index is -0.470. The monoisotopic (exact) mass is 301 g/mol. The van der Waals surface area contributed by atoms with Crippen molar-refractivity contribution in [2.75, 3.05) is 19.1 Å². The summed E-state index contributed by atoms with van der Waals surface area (Å²) in [6.45, 7) is 0. The fraction of sp³-hybridized carbons (Fsp3) is 0.133. The summed E-state index contributed by atoms with van der Waals surface area (Å²) in [6, 6.07) is 11.0. The van der Waals surface area contributed by atoms with E-state index in [9.17, 15) is 4.79 Å². The number of ether oxygens (including phenoxy) is 1. The average Bonchev–Trinajstić information content (AvgIpc) is 2.53. The predicted octanol–water partition coefficient (Wildman–Crippen LogP) is 2.27. The van der Waals surface area contributed by atoms with Crippen LogP contribution >= 0.6 is 12.2 Å². The zero-order valence-corrected chi connectivity index (χ0v) is 12.6. The summed E-state index contributed by atoms with van der Waals surface area (Å²) in [6.07, 6.45) is 1.56. The van der Waals surface area contributed by atoms with E-state index in [1.807, 2.05) is 36.2 Å². The third kappa shape index (κ3) is 3.35. The number of benzene rings is 1. The number of nitrogens with zero attached hydrogens (tertiary/aromatic N) is 2. The second-order valence-corrected chi connectivity index (χ2v) is 4.80. The molecule has 0 unspecified atom stereocenters. The molecular weight excluding hydrogens is 286 g/mol. The van der Waals surface area contributed by atoms with Gasteiger partial charge in [-0.2, -0.15) is 0 Å². The number of anilines is 2. The van der Waals surface area contributed by atoms with E-state index >= 15 is 0 Å². The highest BCUT2D eigenvalue weighted by molar-refractivity contribution is 7.80. The van der Waals surface area contributed by atoms with Gasteiger partial charge in [-0.3, -0.25) is 0 Å². The number of carbonyl (C=O) groups is 1. The number of thiocarbonyl (C=S) groups is 1. The molecule has 1 aromatic heterocycles. The molecule has 0 aliphatic carbocycles. The standard InChI is InChI=1S/C15H15N3O2S/c1-18(11-5-3-4-10(8-11)14(16)21)12-6-7-17-13(9-12)15(19)20-2/h3-9H,1-2H3,(H2,16,21). The fourth-order valence-corrected chi connectivity index (χ4v) is 1.99. The Morgan fingerprint density at radius 3 is 2.67 bits per heavy atom. The number of hydrogen-bond acceptors (Lipinski definition) is 5. The Morgan fingerprint density at radius 1 is 1.29 bits per heavy atom. The first-order valence-corrected chi connectivity index (χ1v) is 6.61. The summed E-state index contributed by atoms with van der Waals surface area (Å²) in [7, 11) is 3.21. The van der Waals surface area contributed by atoms with Crippen LogP contribution in [0.5, 0.6) is 0 Å². The van der Waals surface area contributed by atoms with E-state index < -0.39 is 5.97 Å². The maximum Gasteiger partial charge on any atom is 0.356 e. The molecule has 0 bridgehead atoms. The fourth-order valence-electron chi connectivity index (χ4n) is 1.86. The Kier molecular flexibility index (Phi) is 4.49. The van der Waals surface area contributed by atoms with E-state index in [0.717, 1.165) is 16.9 Å². The number of nitrogens with two attached hydrogens (primary N) is 1. The first-order chi connectivity index (χ1) is 10.0. The lowest BCUT2D eigenvalue weighted by molar-refractivity contribution is 0.0594. The van der Waals surface area contributed by atoms with E-state index in [2.05, 4.69) is 9.72 Å². The van der Waals surface area contributed by atoms with Crippen molar-refractivity contribution in [1.82, 2.24) is 4.98 Å². The summed E-state index contributed by atoms with van der Waals surface area (Å²) in [5.74, 6) is -0.470. The Balaban J connectivity index is 2.35. The van der Waals surface area contributed by atoms with Gasteiger partial charge in [0, 0.05) is 30.2 Å². The van der Waals surface area contributed by atoms with Gasteiger partial charge < -0.3 is 15.4 Å². The van der Waals surface area contributed by atoms with E-state index in [4.69, 9.17) is 18.0 Å². The second-order valence-electron chi connectivity index (χ2n) is 4.36. The van der Waals surface area contributed by atoms with Gasteiger partial charge >= 0.3 is 5.97 Å². The van der Waals surface area contributed by atoms with Gasteiger partial charge in [-0.1, -0.05) is 24.4 Å². The van der Waals surface area contributed by atoms with Crippen molar-refractivity contribution >= 4 is 34.6 Å². The largest absolute Gasteiger partial charge is 0.464 e. The van der Waals surface area contributed by atoms with Gasteiger partial charge in [-0.05, 0) is 24.3 Å². The lowest BCUT2D eigenvalue weighted by Crippen LogP contribution is -2.14. The summed E-state index contributed by atoms with van der Waals surface area (Å²) >= 11 is 4.98. The average molecular weight is 301 g/mol. The van der Waals surface area contributed by atoms with Crippen molar-refractivity contribution in [2.24, 2.45) is 5.73 Å². The van der Waals surface area contributed by atoms with Crippen molar-refractivity contribution in [1.29, 1.82) is 0 Å². The molecule has 0 aliphatic rings. The molecule has 1 aromatic carbocycles. The number of methoxy groups -OCH3 is 1. The van der Waals surface area contributed by atoms with Crippen LogP contribution in [0.3, 0.4) is 0 Å². The summed E-state index contributed by atoms with van der Waals surface area (Å²) in [5, 5.41) is 0. The van der Waals surface area contributed by atoms with Crippen LogP contribution in [0.25, 0.3) is 0 Å². The van der Waals surface area contributed by atoms with Crippen LogP contribution in [-0.4, -0.2) is 30.1 Å². The number of rotatable bonds is 4. The number of carbonyl (C=O) groups excluding carboxylic acids is 1. The SMILES string of the molecule is COC(=O)c1cc(N(C)c2cccc(C(N)=S)c2)ccn1. The Hall–Kier alpha value is -2.47. The lowest BCUT2D eigenvalue weighted by Gasteiger charge is -2.20. The highest BCUT2D eigenvalue weighted by atomic mass is 32.1. The van der Waals surface area contributed by atoms with Crippen LogP contribution in [0.1, 0.15) is 16.1 Å². The van der Waals surface area contributed by atoms with Gasteiger partial charge in [0.05, 0.1) is 7.11 Å². The number of aromatic nitrogens is 1. The van der Waals surface area contributed by atoms with Gasteiger partial charge in [-0.25, -0.2) is 9.78 Å². The third-order valence-electron chi connectivity index (χ3n) is 3.04. The van der Waals surface area contributed by atoms with Crippen molar-refractivity contribution in [3.63, 3.8) is 0 Å². The Morgan fingerprint density at radius 2 is 2.00 bits per heavy atom. The Labute approximate surface area is 128 Å². The molecule has 0 saturated heterocycles. The van der Waals surface area contributed by atoms with E-state index in [0.29, 0.717) is 4.99 Å². The van der Waals surface area contributed by atoms with Crippen LogP contribution in [-0.2, 0) is 4.74 Å². The smallest absolute Gasteiger partial charge is 0.356 e. The lowest BCUT2D eigenvalue weighted by atomic mass is 10.2. The molecule has 0 spiro atoms.